The summed E-state index contributed by atoms with van der Waals surface area (Å²) in [6.45, 7) is 1.99. The molecule has 2 heterocycles. The number of nitrogens with zero attached hydrogens (tertiary/aromatic N) is 1. The number of fused-ring (bicyclic) bond motifs is 1. The summed E-state index contributed by atoms with van der Waals surface area (Å²) in [6.07, 6.45) is 2.81. The minimum atomic E-state index is 0.560. The summed E-state index contributed by atoms with van der Waals surface area (Å²) in [6, 6.07) is 11.4. The van der Waals surface area contributed by atoms with Crippen LogP contribution in [0.3, 0.4) is 0 Å². The van der Waals surface area contributed by atoms with Gasteiger partial charge in [0, 0.05) is 22.8 Å². The average molecular weight is 300 g/mol. The lowest BCUT2D eigenvalue weighted by molar-refractivity contribution is 0.111. The van der Waals surface area contributed by atoms with Crippen LogP contribution in [0.25, 0.3) is 16.6 Å². The summed E-state index contributed by atoms with van der Waals surface area (Å²) in [5.74, 6) is 0.691. The van der Waals surface area contributed by atoms with E-state index in [1.165, 1.54) is 0 Å². The Morgan fingerprint density at radius 2 is 1.95 bits per heavy atom. The van der Waals surface area contributed by atoms with Gasteiger partial charge in [0.15, 0.2) is 6.29 Å². The molecule has 3 nitrogen and oxygen atoms in total. The molecule has 0 aliphatic rings. The first-order valence-corrected chi connectivity index (χ1v) is 6.92. The van der Waals surface area contributed by atoms with Gasteiger partial charge in [0.05, 0.1) is 17.8 Å². The van der Waals surface area contributed by atoms with Gasteiger partial charge in [-0.1, -0.05) is 17.7 Å². The van der Waals surface area contributed by atoms with Crippen LogP contribution in [0, 0.1) is 6.92 Å². The number of carbonyl (C=O) groups is 1. The van der Waals surface area contributed by atoms with Crippen molar-refractivity contribution in [1.82, 2.24) is 4.40 Å². The first-order valence-electron chi connectivity index (χ1n) is 6.55. The van der Waals surface area contributed by atoms with Crippen molar-refractivity contribution in [2.24, 2.45) is 0 Å². The molecule has 0 N–H and O–H groups in total. The highest BCUT2D eigenvalue weighted by atomic mass is 35.5. The van der Waals surface area contributed by atoms with Crippen LogP contribution in [0.2, 0.25) is 5.02 Å². The molecule has 2 aromatic heterocycles. The van der Waals surface area contributed by atoms with Crippen molar-refractivity contribution < 1.29 is 9.53 Å². The Hall–Kier alpha value is -2.26. The predicted octanol–water partition coefficient (Wildman–Crippen LogP) is 4.39. The first-order chi connectivity index (χ1) is 10.1. The van der Waals surface area contributed by atoms with Crippen molar-refractivity contribution in [3.8, 4) is 16.9 Å². The SMILES string of the molecule is COc1ccc(-c2cc3ccc(C)cn3c2C=O)c(Cl)c1. The van der Waals surface area contributed by atoms with E-state index in [4.69, 9.17) is 16.3 Å². The fraction of sp³-hybridized carbons (Fsp3) is 0.118. The lowest BCUT2D eigenvalue weighted by Crippen LogP contribution is -1.93. The molecule has 0 atom stereocenters. The van der Waals surface area contributed by atoms with Crippen LogP contribution in [0.5, 0.6) is 5.75 Å². The van der Waals surface area contributed by atoms with Gasteiger partial charge in [-0.15, -0.1) is 0 Å². The maximum Gasteiger partial charge on any atom is 0.167 e. The second kappa shape index (κ2) is 5.26. The molecule has 0 saturated heterocycles. The van der Waals surface area contributed by atoms with Crippen LogP contribution in [-0.4, -0.2) is 17.8 Å². The van der Waals surface area contributed by atoms with Crippen molar-refractivity contribution in [2.75, 3.05) is 7.11 Å². The van der Waals surface area contributed by atoms with E-state index in [9.17, 15) is 4.79 Å². The zero-order valence-electron chi connectivity index (χ0n) is 11.8. The number of rotatable bonds is 3. The van der Waals surface area contributed by atoms with E-state index in [1.54, 1.807) is 13.2 Å². The van der Waals surface area contributed by atoms with Crippen molar-refractivity contribution in [2.45, 2.75) is 6.92 Å². The molecular formula is C17H14ClNO2. The van der Waals surface area contributed by atoms with Gasteiger partial charge in [-0.2, -0.15) is 0 Å². The Morgan fingerprint density at radius 3 is 2.62 bits per heavy atom. The summed E-state index contributed by atoms with van der Waals surface area (Å²) in [4.78, 5) is 11.5. The summed E-state index contributed by atoms with van der Waals surface area (Å²) < 4.78 is 7.05. The molecule has 0 fully saturated rings. The molecule has 3 aromatic rings. The Kier molecular flexibility index (Phi) is 3.43. The van der Waals surface area contributed by atoms with Gasteiger partial charge in [0.25, 0.3) is 0 Å². The molecule has 0 saturated carbocycles. The average Bonchev–Trinajstić information content (AvgIpc) is 2.84. The third kappa shape index (κ3) is 2.30. The first kappa shape index (κ1) is 13.7. The number of hydrogen-bond acceptors (Lipinski definition) is 2. The Morgan fingerprint density at radius 1 is 1.14 bits per heavy atom. The lowest BCUT2D eigenvalue weighted by Gasteiger charge is -2.06. The van der Waals surface area contributed by atoms with Crippen LogP contribution in [0.1, 0.15) is 16.1 Å². The summed E-state index contributed by atoms with van der Waals surface area (Å²) >= 11 is 6.33. The number of aromatic nitrogens is 1. The highest BCUT2D eigenvalue weighted by molar-refractivity contribution is 6.33. The highest BCUT2D eigenvalue weighted by Gasteiger charge is 2.14. The molecule has 21 heavy (non-hydrogen) atoms. The molecular weight excluding hydrogens is 286 g/mol. The van der Waals surface area contributed by atoms with Gasteiger partial charge in [-0.05, 0) is 42.8 Å². The van der Waals surface area contributed by atoms with E-state index in [-0.39, 0.29) is 0 Å². The third-order valence-electron chi connectivity index (χ3n) is 3.53. The maximum atomic E-state index is 11.5. The number of ether oxygens (including phenoxy) is 1. The number of aryl methyl sites for hydroxylation is 1. The van der Waals surface area contributed by atoms with Gasteiger partial charge in [-0.3, -0.25) is 4.79 Å². The molecule has 0 aliphatic carbocycles. The van der Waals surface area contributed by atoms with E-state index in [1.807, 2.05) is 47.9 Å². The normalized spacial score (nSPS) is 10.8. The van der Waals surface area contributed by atoms with Crippen molar-refractivity contribution in [3.63, 3.8) is 0 Å². The Balaban J connectivity index is 2.27. The topological polar surface area (TPSA) is 30.7 Å². The second-order valence-corrected chi connectivity index (χ2v) is 5.32. The summed E-state index contributed by atoms with van der Waals surface area (Å²) in [5, 5.41) is 0.560. The van der Waals surface area contributed by atoms with Gasteiger partial charge in [0.1, 0.15) is 5.75 Å². The number of methoxy groups -OCH3 is 1. The van der Waals surface area contributed by atoms with Crippen molar-refractivity contribution in [3.05, 3.63) is 58.9 Å². The van der Waals surface area contributed by atoms with Crippen LogP contribution >= 0.6 is 11.6 Å². The number of hydrogen-bond donors (Lipinski definition) is 0. The van der Waals surface area contributed by atoms with E-state index in [0.29, 0.717) is 16.5 Å². The van der Waals surface area contributed by atoms with E-state index in [0.717, 1.165) is 28.5 Å². The van der Waals surface area contributed by atoms with E-state index >= 15 is 0 Å². The molecule has 0 spiro atoms. The van der Waals surface area contributed by atoms with Gasteiger partial charge in [0.2, 0.25) is 0 Å². The van der Waals surface area contributed by atoms with Gasteiger partial charge >= 0.3 is 0 Å². The highest BCUT2D eigenvalue weighted by Crippen LogP contribution is 2.34. The number of aldehydes is 1. The molecule has 4 heteroatoms. The number of halogens is 1. The Bertz CT molecular complexity index is 836. The molecule has 1 aromatic carbocycles. The van der Waals surface area contributed by atoms with Crippen molar-refractivity contribution >= 4 is 23.4 Å². The molecule has 106 valence electrons. The predicted molar refractivity (Wildman–Crippen MR) is 84.5 cm³/mol. The molecule has 0 bridgehead atoms. The van der Waals surface area contributed by atoms with Crippen LogP contribution in [-0.2, 0) is 0 Å². The molecule has 0 unspecified atom stereocenters. The van der Waals surface area contributed by atoms with Crippen LogP contribution in [0.15, 0.2) is 42.6 Å². The second-order valence-electron chi connectivity index (χ2n) is 4.91. The summed E-state index contributed by atoms with van der Waals surface area (Å²) in [5.41, 5.74) is 4.29. The zero-order chi connectivity index (χ0) is 15.0. The number of carbonyl (C=O) groups excluding carboxylic acids is 1. The maximum absolute atomic E-state index is 11.5. The van der Waals surface area contributed by atoms with Gasteiger partial charge in [-0.25, -0.2) is 0 Å². The Labute approximate surface area is 127 Å². The fourth-order valence-electron chi connectivity index (χ4n) is 2.47. The fourth-order valence-corrected chi connectivity index (χ4v) is 2.75. The summed E-state index contributed by atoms with van der Waals surface area (Å²) in [7, 11) is 1.59. The number of benzene rings is 1. The van der Waals surface area contributed by atoms with E-state index in [2.05, 4.69) is 0 Å². The number of pyridine rings is 1. The molecule has 3 rings (SSSR count). The molecule has 0 aliphatic heterocycles. The largest absolute Gasteiger partial charge is 0.497 e. The quantitative estimate of drug-likeness (QED) is 0.672. The minimum Gasteiger partial charge on any atom is -0.497 e. The van der Waals surface area contributed by atoms with Crippen LogP contribution in [0.4, 0.5) is 0 Å². The lowest BCUT2D eigenvalue weighted by atomic mass is 10.1. The monoisotopic (exact) mass is 299 g/mol. The van der Waals surface area contributed by atoms with Crippen molar-refractivity contribution in [1.29, 1.82) is 0 Å². The zero-order valence-corrected chi connectivity index (χ0v) is 12.5. The van der Waals surface area contributed by atoms with E-state index < -0.39 is 0 Å². The standard InChI is InChI=1S/C17H14ClNO2/c1-11-3-4-12-7-15(17(10-20)19(12)9-11)14-6-5-13(21-2)8-16(14)18/h3-10H,1-2H3. The smallest absolute Gasteiger partial charge is 0.167 e. The molecule has 0 radical (unpaired) electrons. The third-order valence-corrected chi connectivity index (χ3v) is 3.85. The van der Waals surface area contributed by atoms with Gasteiger partial charge < -0.3 is 9.14 Å². The molecule has 0 amide bonds. The minimum absolute atomic E-state index is 0.560. The van der Waals surface area contributed by atoms with Crippen LogP contribution < -0.4 is 4.74 Å².